The summed E-state index contributed by atoms with van der Waals surface area (Å²) in [7, 11) is 0. The van der Waals surface area contributed by atoms with Gasteiger partial charge < -0.3 is 20.3 Å². The van der Waals surface area contributed by atoms with Gasteiger partial charge in [0.2, 0.25) is 0 Å². The number of ether oxygens (including phenoxy) is 2. The van der Waals surface area contributed by atoms with E-state index in [2.05, 4.69) is 0 Å². The number of benzene rings is 2. The molecule has 0 spiro atoms. The predicted molar refractivity (Wildman–Crippen MR) is 104 cm³/mol. The molecule has 0 fully saturated rings. The summed E-state index contributed by atoms with van der Waals surface area (Å²) in [5, 5.41) is 21.1. The number of carbonyl (C=O) groups is 2. The van der Waals surface area contributed by atoms with Gasteiger partial charge in [0.15, 0.2) is 0 Å². The molecule has 0 saturated heterocycles. The molecule has 0 unspecified atom stereocenters. The second-order valence-electron chi connectivity index (χ2n) is 5.77. The minimum atomic E-state index is -0.785. The van der Waals surface area contributed by atoms with Crippen LogP contribution >= 0.6 is 11.3 Å². The molecular formula is C20H16N2O5S. The molecule has 0 bridgehead atoms. The van der Waals surface area contributed by atoms with Crippen LogP contribution in [0.5, 0.6) is 5.75 Å². The topological polar surface area (TPSA) is 123 Å². The van der Waals surface area contributed by atoms with Crippen molar-refractivity contribution in [3.63, 3.8) is 0 Å². The number of phenolic OH excluding ortho intramolecular Hbond substituents is 1. The first kappa shape index (κ1) is 19.2. The summed E-state index contributed by atoms with van der Waals surface area (Å²) in [6, 6.07) is 12.2. The fourth-order valence-corrected chi connectivity index (χ4v) is 3.63. The van der Waals surface area contributed by atoms with Crippen LogP contribution in [0.15, 0.2) is 36.4 Å². The van der Waals surface area contributed by atoms with Gasteiger partial charge in [-0.25, -0.2) is 9.59 Å². The largest absolute Gasteiger partial charge is 0.507 e. The van der Waals surface area contributed by atoms with Crippen molar-refractivity contribution in [3.8, 4) is 11.8 Å². The third-order valence-corrected chi connectivity index (χ3v) is 5.08. The molecule has 0 radical (unpaired) electrons. The molecule has 0 saturated carbocycles. The first-order valence-electron chi connectivity index (χ1n) is 8.33. The van der Waals surface area contributed by atoms with E-state index in [4.69, 9.17) is 15.2 Å². The zero-order valence-electron chi connectivity index (χ0n) is 14.9. The van der Waals surface area contributed by atoms with Crippen molar-refractivity contribution in [2.75, 3.05) is 12.3 Å². The van der Waals surface area contributed by atoms with Gasteiger partial charge in [0.05, 0.1) is 12.2 Å². The Bertz CT molecular complexity index is 1110. The van der Waals surface area contributed by atoms with Gasteiger partial charge in [0.1, 0.15) is 33.9 Å². The quantitative estimate of drug-likeness (QED) is 0.632. The third-order valence-electron chi connectivity index (χ3n) is 4.04. The van der Waals surface area contributed by atoms with Crippen LogP contribution in [0.4, 0.5) is 5.00 Å². The molecule has 0 aliphatic carbocycles. The molecule has 3 aromatic rings. The fraction of sp³-hybridized carbons (Fsp3) is 0.150. The highest BCUT2D eigenvalue weighted by Crippen LogP contribution is 2.32. The van der Waals surface area contributed by atoms with Gasteiger partial charge >= 0.3 is 11.9 Å². The molecule has 0 atom stereocenters. The summed E-state index contributed by atoms with van der Waals surface area (Å²) in [5.74, 6) is -1.65. The molecule has 7 nitrogen and oxygen atoms in total. The average molecular weight is 396 g/mol. The minimum Gasteiger partial charge on any atom is -0.507 e. The molecule has 0 aliphatic heterocycles. The summed E-state index contributed by atoms with van der Waals surface area (Å²) >= 11 is 0.906. The first-order valence-corrected chi connectivity index (χ1v) is 9.15. The van der Waals surface area contributed by atoms with E-state index < -0.39 is 11.9 Å². The summed E-state index contributed by atoms with van der Waals surface area (Å²) in [5.41, 5.74) is 6.05. The smallest absolute Gasteiger partial charge is 0.348 e. The van der Waals surface area contributed by atoms with Gasteiger partial charge in [-0.05, 0) is 29.8 Å². The Labute approximate surface area is 164 Å². The normalized spacial score (nSPS) is 10.4. The molecule has 3 N–H and O–H groups in total. The van der Waals surface area contributed by atoms with Crippen LogP contribution in [0, 0.1) is 11.3 Å². The zero-order chi connectivity index (χ0) is 20.3. The standard InChI is InChI=1S/C20H16N2O5S/c1-2-26-20(25)17-15(14(9-21)18(22)28-17)10-27-19(24)13-7-11-5-3-4-6-12(11)8-16(13)23/h3-8,23H,2,10,22H2,1H3. The SMILES string of the molecule is CCOC(=O)c1sc(N)c(C#N)c1COC(=O)c1cc2ccccc2cc1O. The Kier molecular flexibility index (Phi) is 5.47. The van der Waals surface area contributed by atoms with Crippen LogP contribution in [-0.4, -0.2) is 23.7 Å². The van der Waals surface area contributed by atoms with Crippen molar-refractivity contribution in [2.45, 2.75) is 13.5 Å². The molecule has 0 amide bonds. The number of nitrogen functional groups attached to an aromatic ring is 1. The fourth-order valence-electron chi connectivity index (χ4n) is 2.71. The van der Waals surface area contributed by atoms with Crippen LogP contribution in [-0.2, 0) is 16.1 Å². The van der Waals surface area contributed by atoms with E-state index in [9.17, 15) is 20.0 Å². The van der Waals surface area contributed by atoms with E-state index >= 15 is 0 Å². The first-order chi connectivity index (χ1) is 13.5. The lowest BCUT2D eigenvalue weighted by Gasteiger charge is -2.09. The molecule has 142 valence electrons. The number of esters is 2. The number of phenols is 1. The van der Waals surface area contributed by atoms with Gasteiger partial charge in [-0.3, -0.25) is 0 Å². The maximum Gasteiger partial charge on any atom is 0.348 e. The molecule has 8 heteroatoms. The third kappa shape index (κ3) is 3.61. The monoisotopic (exact) mass is 396 g/mol. The number of thiophene rings is 1. The minimum absolute atomic E-state index is 0.0157. The van der Waals surface area contributed by atoms with E-state index in [1.165, 1.54) is 12.1 Å². The Morgan fingerprint density at radius 1 is 1.18 bits per heavy atom. The lowest BCUT2D eigenvalue weighted by atomic mass is 10.1. The number of rotatable bonds is 5. The molecular weight excluding hydrogens is 380 g/mol. The molecule has 1 aromatic heterocycles. The molecule has 1 heterocycles. The van der Waals surface area contributed by atoms with Crippen LogP contribution in [0.3, 0.4) is 0 Å². The number of hydrogen-bond acceptors (Lipinski definition) is 8. The number of carbonyl (C=O) groups excluding carboxylic acids is 2. The molecule has 3 rings (SSSR count). The summed E-state index contributed by atoms with van der Waals surface area (Å²) in [6.45, 7) is 1.46. The zero-order valence-corrected chi connectivity index (χ0v) is 15.7. The number of nitrogens with zero attached hydrogens (tertiary/aromatic N) is 1. The van der Waals surface area contributed by atoms with E-state index in [0.717, 1.165) is 22.1 Å². The number of aromatic hydroxyl groups is 1. The molecule has 28 heavy (non-hydrogen) atoms. The summed E-state index contributed by atoms with van der Waals surface area (Å²) in [4.78, 5) is 24.7. The Balaban J connectivity index is 1.88. The van der Waals surface area contributed by atoms with E-state index in [1.54, 1.807) is 13.0 Å². The van der Waals surface area contributed by atoms with Crippen LogP contribution in [0.2, 0.25) is 0 Å². The highest BCUT2D eigenvalue weighted by molar-refractivity contribution is 7.18. The Hall–Kier alpha value is -3.57. The van der Waals surface area contributed by atoms with Crippen LogP contribution in [0.25, 0.3) is 10.8 Å². The Morgan fingerprint density at radius 3 is 2.50 bits per heavy atom. The van der Waals surface area contributed by atoms with Crippen molar-refractivity contribution in [1.29, 1.82) is 5.26 Å². The molecule has 2 aromatic carbocycles. The summed E-state index contributed by atoms with van der Waals surface area (Å²) in [6.07, 6.45) is 0. The van der Waals surface area contributed by atoms with Crippen LogP contribution < -0.4 is 5.73 Å². The summed E-state index contributed by atoms with van der Waals surface area (Å²) < 4.78 is 10.2. The van der Waals surface area contributed by atoms with E-state index in [0.29, 0.717) is 0 Å². The van der Waals surface area contributed by atoms with Gasteiger partial charge in [0.25, 0.3) is 0 Å². The lowest BCUT2D eigenvalue weighted by molar-refractivity contribution is 0.0450. The number of nitrogens with two attached hydrogens (primary N) is 1. The van der Waals surface area contributed by atoms with E-state index in [-0.39, 0.29) is 45.5 Å². The van der Waals surface area contributed by atoms with Crippen molar-refractivity contribution in [2.24, 2.45) is 0 Å². The van der Waals surface area contributed by atoms with E-state index in [1.807, 2.05) is 24.3 Å². The van der Waals surface area contributed by atoms with Crippen molar-refractivity contribution < 1.29 is 24.2 Å². The van der Waals surface area contributed by atoms with Gasteiger partial charge in [-0.2, -0.15) is 5.26 Å². The maximum atomic E-state index is 12.5. The van der Waals surface area contributed by atoms with Crippen molar-refractivity contribution >= 4 is 39.0 Å². The second kappa shape index (κ2) is 7.98. The number of nitriles is 1. The predicted octanol–water partition coefficient (Wildman–Crippen LogP) is 3.59. The maximum absolute atomic E-state index is 12.5. The van der Waals surface area contributed by atoms with Crippen molar-refractivity contribution in [1.82, 2.24) is 0 Å². The van der Waals surface area contributed by atoms with Gasteiger partial charge in [-0.15, -0.1) is 11.3 Å². The lowest BCUT2D eigenvalue weighted by Crippen LogP contribution is -2.10. The number of hydrogen-bond donors (Lipinski definition) is 2. The second-order valence-corrected chi connectivity index (χ2v) is 6.83. The van der Waals surface area contributed by atoms with Crippen molar-refractivity contribution in [3.05, 3.63) is 58.0 Å². The Morgan fingerprint density at radius 2 is 1.86 bits per heavy atom. The van der Waals surface area contributed by atoms with Gasteiger partial charge in [0, 0.05) is 5.56 Å². The number of anilines is 1. The molecule has 0 aliphatic rings. The van der Waals surface area contributed by atoms with Crippen LogP contribution in [0.1, 0.15) is 38.1 Å². The highest BCUT2D eigenvalue weighted by Gasteiger charge is 2.24. The van der Waals surface area contributed by atoms with Gasteiger partial charge in [-0.1, -0.05) is 24.3 Å². The number of fused-ring (bicyclic) bond motifs is 1. The average Bonchev–Trinajstić information content (AvgIpc) is 3.01. The highest BCUT2D eigenvalue weighted by atomic mass is 32.1.